The Hall–Kier alpha value is -0.120. The molecule has 0 bridgehead atoms. The van der Waals surface area contributed by atoms with Crippen LogP contribution in [0, 0.1) is 0 Å². The van der Waals surface area contributed by atoms with Gasteiger partial charge in [-0.15, -0.1) is 0 Å². The van der Waals surface area contributed by atoms with Gasteiger partial charge in [-0.1, -0.05) is 26.2 Å². The maximum atomic E-state index is 6.51. The molecule has 1 saturated carbocycles. The highest BCUT2D eigenvalue weighted by molar-refractivity contribution is 4.89. The van der Waals surface area contributed by atoms with Gasteiger partial charge < -0.3 is 10.5 Å². The van der Waals surface area contributed by atoms with Crippen LogP contribution in [0.25, 0.3) is 0 Å². The Morgan fingerprint density at radius 2 is 2.06 bits per heavy atom. The zero-order chi connectivity index (χ0) is 12.1. The van der Waals surface area contributed by atoms with Crippen molar-refractivity contribution < 1.29 is 4.74 Å². The monoisotopic (exact) mass is 240 g/mol. The van der Waals surface area contributed by atoms with E-state index in [1.54, 1.807) is 0 Å². The van der Waals surface area contributed by atoms with E-state index in [2.05, 4.69) is 11.8 Å². The molecule has 1 saturated heterocycles. The fraction of sp³-hybridized carbons (Fsp3) is 1.00. The first-order valence-electron chi connectivity index (χ1n) is 7.34. The minimum absolute atomic E-state index is 0.134. The third kappa shape index (κ3) is 3.67. The topological polar surface area (TPSA) is 38.5 Å². The summed E-state index contributed by atoms with van der Waals surface area (Å²) in [6, 6.07) is 0.621. The number of nitrogens with zero attached hydrogens (tertiary/aromatic N) is 1. The number of hydrogen-bond acceptors (Lipinski definition) is 3. The number of hydrogen-bond donors (Lipinski definition) is 1. The van der Waals surface area contributed by atoms with Crippen LogP contribution in [0.3, 0.4) is 0 Å². The quantitative estimate of drug-likeness (QED) is 0.818. The lowest BCUT2D eigenvalue weighted by molar-refractivity contribution is -0.0123. The molecule has 3 heteroatoms. The van der Waals surface area contributed by atoms with Crippen LogP contribution in [0.5, 0.6) is 0 Å². The summed E-state index contributed by atoms with van der Waals surface area (Å²) in [5, 5.41) is 0. The maximum absolute atomic E-state index is 6.51. The average molecular weight is 240 g/mol. The number of nitrogens with two attached hydrogens (primary N) is 1. The highest BCUT2D eigenvalue weighted by Gasteiger charge is 2.29. The van der Waals surface area contributed by atoms with Gasteiger partial charge >= 0.3 is 0 Å². The third-order valence-corrected chi connectivity index (χ3v) is 4.57. The SMILES string of the molecule is CCC1COCCN1CCC1(N)CCCCC1. The Bertz CT molecular complexity index is 226. The zero-order valence-electron chi connectivity index (χ0n) is 11.3. The van der Waals surface area contributed by atoms with Gasteiger partial charge in [0.25, 0.3) is 0 Å². The highest BCUT2D eigenvalue weighted by Crippen LogP contribution is 2.29. The van der Waals surface area contributed by atoms with Crippen LogP contribution in [-0.4, -0.2) is 42.8 Å². The number of ether oxygens (including phenoxy) is 1. The van der Waals surface area contributed by atoms with E-state index in [1.807, 2.05) is 0 Å². The lowest BCUT2D eigenvalue weighted by atomic mass is 9.80. The van der Waals surface area contributed by atoms with Gasteiger partial charge in [0.05, 0.1) is 13.2 Å². The van der Waals surface area contributed by atoms with Crippen LogP contribution in [0.1, 0.15) is 51.9 Å². The lowest BCUT2D eigenvalue weighted by Gasteiger charge is -2.39. The van der Waals surface area contributed by atoms with Crippen molar-refractivity contribution in [2.45, 2.75) is 63.5 Å². The summed E-state index contributed by atoms with van der Waals surface area (Å²) >= 11 is 0. The molecule has 100 valence electrons. The summed E-state index contributed by atoms with van der Waals surface area (Å²) in [6.07, 6.45) is 8.87. The predicted octanol–water partition coefficient (Wildman–Crippen LogP) is 2.15. The molecule has 1 unspecified atom stereocenters. The molecule has 0 aromatic carbocycles. The molecule has 2 N–H and O–H groups in total. The van der Waals surface area contributed by atoms with Crippen molar-refractivity contribution in [2.75, 3.05) is 26.3 Å². The molecule has 0 amide bonds. The first kappa shape index (κ1) is 13.3. The van der Waals surface area contributed by atoms with E-state index in [0.29, 0.717) is 6.04 Å². The Labute approximate surface area is 106 Å². The standard InChI is InChI=1S/C14H28N2O/c1-2-13-12-17-11-10-16(13)9-8-14(15)6-4-3-5-7-14/h13H,2-12,15H2,1H3. The Kier molecular flexibility index (Phi) is 4.83. The van der Waals surface area contributed by atoms with Crippen LogP contribution in [-0.2, 0) is 4.74 Å². The molecule has 2 aliphatic rings. The molecular formula is C14H28N2O. The largest absolute Gasteiger partial charge is 0.378 e. The van der Waals surface area contributed by atoms with Crippen molar-refractivity contribution in [3.63, 3.8) is 0 Å². The minimum atomic E-state index is 0.134. The minimum Gasteiger partial charge on any atom is -0.378 e. The van der Waals surface area contributed by atoms with Crippen molar-refractivity contribution in [1.29, 1.82) is 0 Å². The molecule has 17 heavy (non-hydrogen) atoms. The summed E-state index contributed by atoms with van der Waals surface area (Å²) in [5.41, 5.74) is 6.64. The van der Waals surface area contributed by atoms with Gasteiger partial charge in [0.15, 0.2) is 0 Å². The van der Waals surface area contributed by atoms with Crippen LogP contribution in [0.15, 0.2) is 0 Å². The van der Waals surface area contributed by atoms with Crippen molar-refractivity contribution in [3.05, 3.63) is 0 Å². The molecule has 0 radical (unpaired) electrons. The van der Waals surface area contributed by atoms with Gasteiger partial charge in [-0.3, -0.25) is 4.90 Å². The summed E-state index contributed by atoms with van der Waals surface area (Å²) in [4.78, 5) is 2.59. The van der Waals surface area contributed by atoms with Crippen LogP contribution < -0.4 is 5.73 Å². The number of rotatable bonds is 4. The van der Waals surface area contributed by atoms with Gasteiger partial charge in [0, 0.05) is 24.7 Å². The molecule has 0 aromatic rings. The normalized spacial score (nSPS) is 30.4. The van der Waals surface area contributed by atoms with Crippen LogP contribution in [0.4, 0.5) is 0 Å². The van der Waals surface area contributed by atoms with Gasteiger partial charge in [0.2, 0.25) is 0 Å². The highest BCUT2D eigenvalue weighted by atomic mass is 16.5. The van der Waals surface area contributed by atoms with Gasteiger partial charge in [-0.2, -0.15) is 0 Å². The second-order valence-electron chi connectivity index (χ2n) is 5.85. The molecule has 2 rings (SSSR count). The average Bonchev–Trinajstić information content (AvgIpc) is 2.38. The third-order valence-electron chi connectivity index (χ3n) is 4.57. The molecule has 1 atom stereocenters. The lowest BCUT2D eigenvalue weighted by Crippen LogP contribution is -2.49. The second-order valence-corrected chi connectivity index (χ2v) is 5.85. The van der Waals surface area contributed by atoms with E-state index in [9.17, 15) is 0 Å². The first-order chi connectivity index (χ1) is 8.23. The summed E-state index contributed by atoms with van der Waals surface area (Å²) in [7, 11) is 0. The van der Waals surface area contributed by atoms with Crippen molar-refractivity contribution in [1.82, 2.24) is 4.90 Å². The molecule has 2 fully saturated rings. The smallest absolute Gasteiger partial charge is 0.0622 e. The zero-order valence-corrected chi connectivity index (χ0v) is 11.3. The summed E-state index contributed by atoms with van der Waals surface area (Å²) < 4.78 is 5.55. The van der Waals surface area contributed by atoms with Crippen molar-refractivity contribution in [3.8, 4) is 0 Å². The van der Waals surface area contributed by atoms with Crippen molar-refractivity contribution >= 4 is 0 Å². The Morgan fingerprint density at radius 3 is 2.76 bits per heavy atom. The molecule has 0 spiro atoms. The van der Waals surface area contributed by atoms with Gasteiger partial charge in [0.1, 0.15) is 0 Å². The Morgan fingerprint density at radius 1 is 1.29 bits per heavy atom. The van der Waals surface area contributed by atoms with E-state index in [0.717, 1.165) is 19.8 Å². The first-order valence-corrected chi connectivity index (χ1v) is 7.34. The fourth-order valence-electron chi connectivity index (χ4n) is 3.23. The number of morpholine rings is 1. The molecular weight excluding hydrogens is 212 g/mol. The summed E-state index contributed by atoms with van der Waals surface area (Å²) in [6.45, 7) is 6.32. The predicted molar refractivity (Wildman–Crippen MR) is 71.1 cm³/mol. The van der Waals surface area contributed by atoms with Gasteiger partial charge in [-0.05, 0) is 25.7 Å². The van der Waals surface area contributed by atoms with Crippen LogP contribution in [0.2, 0.25) is 0 Å². The van der Waals surface area contributed by atoms with E-state index in [-0.39, 0.29) is 5.54 Å². The van der Waals surface area contributed by atoms with E-state index < -0.39 is 0 Å². The molecule has 0 aromatic heterocycles. The summed E-state index contributed by atoms with van der Waals surface area (Å²) in [5.74, 6) is 0. The fourth-order valence-corrected chi connectivity index (χ4v) is 3.23. The van der Waals surface area contributed by atoms with Crippen LogP contribution >= 0.6 is 0 Å². The van der Waals surface area contributed by atoms with E-state index in [1.165, 1.54) is 51.5 Å². The van der Waals surface area contributed by atoms with E-state index >= 15 is 0 Å². The molecule has 1 aliphatic carbocycles. The molecule has 1 heterocycles. The second kappa shape index (κ2) is 6.17. The molecule has 3 nitrogen and oxygen atoms in total. The van der Waals surface area contributed by atoms with Crippen molar-refractivity contribution in [2.24, 2.45) is 5.73 Å². The van der Waals surface area contributed by atoms with Gasteiger partial charge in [-0.25, -0.2) is 0 Å². The maximum Gasteiger partial charge on any atom is 0.0622 e. The van der Waals surface area contributed by atoms with E-state index in [4.69, 9.17) is 10.5 Å². The molecule has 1 aliphatic heterocycles. The Balaban J connectivity index is 1.79.